The molecule has 0 aromatic heterocycles. The molecule has 1 N–H and O–H groups in total. The van der Waals surface area contributed by atoms with Crippen LogP contribution in [0.5, 0.6) is 0 Å². The van der Waals surface area contributed by atoms with Crippen LogP contribution in [0.25, 0.3) is 0 Å². The number of carbonyl (C=O) groups is 1. The minimum atomic E-state index is 0.0756. The number of rotatable bonds is 7. The first-order valence-corrected chi connectivity index (χ1v) is 8.94. The van der Waals surface area contributed by atoms with Crippen LogP contribution in [0.2, 0.25) is 0 Å². The molecule has 2 amide bonds. The summed E-state index contributed by atoms with van der Waals surface area (Å²) >= 11 is 0. The van der Waals surface area contributed by atoms with E-state index in [1.54, 1.807) is 0 Å². The second-order valence-electron chi connectivity index (χ2n) is 6.69. The van der Waals surface area contributed by atoms with E-state index in [1.807, 2.05) is 35.2 Å². The number of urea groups is 1. The van der Waals surface area contributed by atoms with E-state index in [-0.39, 0.29) is 6.03 Å². The fourth-order valence-corrected chi connectivity index (χ4v) is 3.16. The Balaban J connectivity index is 1.66. The van der Waals surface area contributed by atoms with Crippen molar-refractivity contribution in [2.45, 2.75) is 39.2 Å². The Hall–Kier alpha value is -1.55. The number of nitrogens with one attached hydrogen (secondary N) is 1. The molecule has 4 heteroatoms. The van der Waals surface area contributed by atoms with Gasteiger partial charge in [0.2, 0.25) is 0 Å². The fourth-order valence-electron chi connectivity index (χ4n) is 3.16. The second-order valence-corrected chi connectivity index (χ2v) is 6.69. The van der Waals surface area contributed by atoms with Crippen molar-refractivity contribution in [2.75, 3.05) is 33.2 Å². The molecule has 0 aliphatic carbocycles. The molecule has 1 aliphatic rings. The zero-order valence-electron chi connectivity index (χ0n) is 14.6. The largest absolute Gasteiger partial charge is 0.334 e. The first kappa shape index (κ1) is 17.8. The van der Waals surface area contributed by atoms with Crippen molar-refractivity contribution in [1.82, 2.24) is 15.1 Å². The number of likely N-dealkylation sites (tertiary alicyclic amines) is 1. The molecule has 1 heterocycles. The SMILES string of the molecule is CCCCN(C)CC1CCN(C(=O)NCc2ccccc2)CC1. The lowest BCUT2D eigenvalue weighted by atomic mass is 9.96. The van der Waals surface area contributed by atoms with Gasteiger partial charge in [0.1, 0.15) is 0 Å². The monoisotopic (exact) mass is 317 g/mol. The predicted octanol–water partition coefficient (Wildman–Crippen LogP) is 3.34. The van der Waals surface area contributed by atoms with Gasteiger partial charge in [-0.25, -0.2) is 4.79 Å². The highest BCUT2D eigenvalue weighted by molar-refractivity contribution is 5.74. The molecular weight excluding hydrogens is 286 g/mol. The minimum absolute atomic E-state index is 0.0756. The van der Waals surface area contributed by atoms with Crippen LogP contribution in [0.1, 0.15) is 38.2 Å². The number of nitrogens with zero attached hydrogens (tertiary/aromatic N) is 2. The van der Waals surface area contributed by atoms with Gasteiger partial charge in [0, 0.05) is 26.2 Å². The maximum Gasteiger partial charge on any atom is 0.317 e. The van der Waals surface area contributed by atoms with Gasteiger partial charge < -0.3 is 15.1 Å². The summed E-state index contributed by atoms with van der Waals surface area (Å²) in [6, 6.07) is 10.2. The van der Waals surface area contributed by atoms with Gasteiger partial charge in [0.05, 0.1) is 0 Å². The summed E-state index contributed by atoms with van der Waals surface area (Å²) in [5.41, 5.74) is 1.15. The van der Waals surface area contributed by atoms with E-state index in [4.69, 9.17) is 0 Å². The molecule has 0 unspecified atom stereocenters. The molecule has 0 atom stereocenters. The molecule has 1 fully saturated rings. The summed E-state index contributed by atoms with van der Waals surface area (Å²) in [6.45, 7) is 6.97. The van der Waals surface area contributed by atoms with Gasteiger partial charge in [-0.15, -0.1) is 0 Å². The van der Waals surface area contributed by atoms with Crippen LogP contribution in [0.4, 0.5) is 4.79 Å². The first-order chi connectivity index (χ1) is 11.2. The van der Waals surface area contributed by atoms with Gasteiger partial charge in [0.15, 0.2) is 0 Å². The molecule has 1 aliphatic heterocycles. The van der Waals surface area contributed by atoms with Gasteiger partial charge in [-0.05, 0) is 44.3 Å². The van der Waals surface area contributed by atoms with Gasteiger partial charge >= 0.3 is 6.03 Å². The van der Waals surface area contributed by atoms with E-state index < -0.39 is 0 Å². The van der Waals surface area contributed by atoms with Crippen molar-refractivity contribution >= 4 is 6.03 Å². The Morgan fingerprint density at radius 2 is 1.96 bits per heavy atom. The van der Waals surface area contributed by atoms with Crippen molar-refractivity contribution < 1.29 is 4.79 Å². The predicted molar refractivity (Wildman–Crippen MR) is 95.4 cm³/mol. The smallest absolute Gasteiger partial charge is 0.317 e. The van der Waals surface area contributed by atoms with Crippen molar-refractivity contribution in [3.8, 4) is 0 Å². The average Bonchev–Trinajstić information content (AvgIpc) is 2.59. The van der Waals surface area contributed by atoms with E-state index in [9.17, 15) is 4.79 Å². The summed E-state index contributed by atoms with van der Waals surface area (Å²) < 4.78 is 0. The van der Waals surface area contributed by atoms with Crippen LogP contribution in [0.15, 0.2) is 30.3 Å². The molecule has 0 spiro atoms. The number of hydrogen-bond acceptors (Lipinski definition) is 2. The standard InChI is InChI=1S/C19H31N3O/c1-3-4-12-21(2)16-18-10-13-22(14-11-18)19(23)20-15-17-8-6-5-7-9-17/h5-9,18H,3-4,10-16H2,1-2H3,(H,20,23). The van der Waals surface area contributed by atoms with Crippen molar-refractivity contribution in [1.29, 1.82) is 0 Å². The summed E-state index contributed by atoms with van der Waals surface area (Å²) in [5, 5.41) is 3.03. The van der Waals surface area contributed by atoms with Crippen LogP contribution in [0, 0.1) is 5.92 Å². The number of unbranched alkanes of at least 4 members (excludes halogenated alkanes) is 1. The maximum absolute atomic E-state index is 12.2. The molecular formula is C19H31N3O. The zero-order valence-corrected chi connectivity index (χ0v) is 14.6. The van der Waals surface area contributed by atoms with Crippen LogP contribution < -0.4 is 5.32 Å². The number of benzene rings is 1. The average molecular weight is 317 g/mol. The third-order valence-electron chi connectivity index (χ3n) is 4.65. The van der Waals surface area contributed by atoms with Crippen LogP contribution >= 0.6 is 0 Å². The molecule has 4 nitrogen and oxygen atoms in total. The van der Waals surface area contributed by atoms with E-state index in [0.717, 1.165) is 37.4 Å². The molecule has 0 saturated carbocycles. The minimum Gasteiger partial charge on any atom is -0.334 e. The fraction of sp³-hybridized carbons (Fsp3) is 0.632. The van der Waals surface area contributed by atoms with Crippen molar-refractivity contribution in [3.63, 3.8) is 0 Å². The van der Waals surface area contributed by atoms with Gasteiger partial charge in [-0.1, -0.05) is 43.7 Å². The summed E-state index contributed by atoms with van der Waals surface area (Å²) in [5.74, 6) is 0.732. The maximum atomic E-state index is 12.2. The Labute approximate surface area is 140 Å². The number of hydrogen-bond donors (Lipinski definition) is 1. The molecule has 1 aromatic carbocycles. The lowest BCUT2D eigenvalue weighted by Crippen LogP contribution is -2.45. The quantitative estimate of drug-likeness (QED) is 0.837. The molecule has 1 aromatic rings. The number of carbonyl (C=O) groups excluding carboxylic acids is 1. The zero-order chi connectivity index (χ0) is 16.5. The Morgan fingerprint density at radius 1 is 1.26 bits per heavy atom. The highest BCUT2D eigenvalue weighted by Crippen LogP contribution is 2.18. The highest BCUT2D eigenvalue weighted by Gasteiger charge is 2.23. The molecule has 128 valence electrons. The van der Waals surface area contributed by atoms with Gasteiger partial charge in [-0.2, -0.15) is 0 Å². The van der Waals surface area contributed by atoms with Gasteiger partial charge in [-0.3, -0.25) is 0 Å². The first-order valence-electron chi connectivity index (χ1n) is 8.94. The van der Waals surface area contributed by atoms with Gasteiger partial charge in [0.25, 0.3) is 0 Å². The van der Waals surface area contributed by atoms with E-state index in [2.05, 4.69) is 24.2 Å². The van der Waals surface area contributed by atoms with E-state index in [1.165, 1.54) is 25.9 Å². The molecule has 0 bridgehead atoms. The van der Waals surface area contributed by atoms with E-state index >= 15 is 0 Å². The summed E-state index contributed by atoms with van der Waals surface area (Å²) in [6.07, 6.45) is 4.77. The number of piperidine rings is 1. The summed E-state index contributed by atoms with van der Waals surface area (Å²) in [7, 11) is 2.22. The lowest BCUT2D eigenvalue weighted by Gasteiger charge is -2.34. The summed E-state index contributed by atoms with van der Waals surface area (Å²) in [4.78, 5) is 16.7. The Kier molecular flexibility index (Phi) is 7.40. The Morgan fingerprint density at radius 3 is 2.61 bits per heavy atom. The van der Waals surface area contributed by atoms with E-state index in [0.29, 0.717) is 6.54 Å². The number of amides is 2. The van der Waals surface area contributed by atoms with Crippen LogP contribution in [0.3, 0.4) is 0 Å². The van der Waals surface area contributed by atoms with Crippen LogP contribution in [-0.4, -0.2) is 49.1 Å². The van der Waals surface area contributed by atoms with Crippen molar-refractivity contribution in [3.05, 3.63) is 35.9 Å². The molecule has 0 radical (unpaired) electrons. The second kappa shape index (κ2) is 9.56. The molecule has 23 heavy (non-hydrogen) atoms. The third-order valence-corrected chi connectivity index (χ3v) is 4.65. The third kappa shape index (κ3) is 6.22. The van der Waals surface area contributed by atoms with Crippen LogP contribution in [-0.2, 0) is 6.54 Å². The Bertz CT molecular complexity index is 455. The molecule has 1 saturated heterocycles. The van der Waals surface area contributed by atoms with Crippen molar-refractivity contribution in [2.24, 2.45) is 5.92 Å². The topological polar surface area (TPSA) is 35.6 Å². The lowest BCUT2D eigenvalue weighted by molar-refractivity contribution is 0.154. The highest BCUT2D eigenvalue weighted by atomic mass is 16.2. The molecule has 2 rings (SSSR count). The normalized spacial score (nSPS) is 15.9.